The quantitative estimate of drug-likeness (QED) is 0.865. The molecular formula is C12H19N3S. The van der Waals surface area contributed by atoms with Crippen molar-refractivity contribution in [1.82, 2.24) is 9.88 Å². The maximum atomic E-state index is 4.33. The maximum Gasteiger partial charge on any atom is 0.125 e. The Labute approximate surface area is 102 Å². The third-order valence-electron chi connectivity index (χ3n) is 2.75. The minimum absolute atomic E-state index is 0.983. The largest absolute Gasteiger partial charge is 0.369 e. The van der Waals surface area contributed by atoms with Crippen molar-refractivity contribution in [2.45, 2.75) is 6.92 Å². The molecule has 0 spiro atoms. The number of thioether (sulfide) groups is 1. The molecule has 0 aromatic carbocycles. The normalized spacial score (nSPS) is 17.3. The van der Waals surface area contributed by atoms with Crippen LogP contribution in [0.25, 0.3) is 0 Å². The first kappa shape index (κ1) is 11.7. The highest BCUT2D eigenvalue weighted by Crippen LogP contribution is 2.08. The first-order valence-corrected chi connectivity index (χ1v) is 6.97. The van der Waals surface area contributed by atoms with Crippen LogP contribution in [-0.2, 0) is 0 Å². The average molecular weight is 237 g/mol. The number of rotatable bonds is 4. The summed E-state index contributed by atoms with van der Waals surface area (Å²) in [5.41, 5.74) is 1.21. The molecule has 0 amide bonds. The second-order valence-corrected chi connectivity index (χ2v) is 5.33. The van der Waals surface area contributed by atoms with Crippen LogP contribution >= 0.6 is 11.8 Å². The minimum atomic E-state index is 0.983. The molecule has 1 aromatic heterocycles. The Morgan fingerprint density at radius 2 is 2.19 bits per heavy atom. The first-order chi connectivity index (χ1) is 7.84. The van der Waals surface area contributed by atoms with Gasteiger partial charge < -0.3 is 5.32 Å². The molecule has 0 radical (unpaired) electrons. The molecule has 2 rings (SSSR count). The molecule has 0 atom stereocenters. The van der Waals surface area contributed by atoms with Crippen LogP contribution in [-0.4, -0.2) is 47.6 Å². The molecule has 1 aliphatic heterocycles. The van der Waals surface area contributed by atoms with Gasteiger partial charge in [0.2, 0.25) is 0 Å². The molecule has 1 N–H and O–H groups in total. The van der Waals surface area contributed by atoms with Gasteiger partial charge in [0, 0.05) is 43.9 Å². The summed E-state index contributed by atoms with van der Waals surface area (Å²) in [7, 11) is 0. The number of aryl methyl sites for hydroxylation is 1. The summed E-state index contributed by atoms with van der Waals surface area (Å²) in [6, 6.07) is 4.13. The highest BCUT2D eigenvalue weighted by molar-refractivity contribution is 7.99. The molecule has 0 bridgehead atoms. The first-order valence-electron chi connectivity index (χ1n) is 5.81. The Morgan fingerprint density at radius 1 is 1.38 bits per heavy atom. The standard InChI is InChI=1S/C12H19N3S/c1-11-2-3-12(14-10-11)13-4-5-15-6-8-16-9-7-15/h2-3,10H,4-9H2,1H3,(H,13,14). The maximum absolute atomic E-state index is 4.33. The molecule has 2 heterocycles. The Bertz CT molecular complexity index is 307. The molecule has 1 fully saturated rings. The van der Waals surface area contributed by atoms with Crippen molar-refractivity contribution in [2.24, 2.45) is 0 Å². The van der Waals surface area contributed by atoms with E-state index in [1.54, 1.807) is 0 Å². The Morgan fingerprint density at radius 3 is 2.88 bits per heavy atom. The molecule has 3 nitrogen and oxygen atoms in total. The zero-order valence-corrected chi connectivity index (χ0v) is 10.6. The van der Waals surface area contributed by atoms with Gasteiger partial charge in [-0.05, 0) is 18.6 Å². The van der Waals surface area contributed by atoms with Gasteiger partial charge in [0.15, 0.2) is 0 Å². The Hall–Kier alpha value is -0.740. The van der Waals surface area contributed by atoms with Crippen LogP contribution < -0.4 is 5.32 Å². The van der Waals surface area contributed by atoms with Crippen LogP contribution in [0.5, 0.6) is 0 Å². The zero-order valence-electron chi connectivity index (χ0n) is 9.78. The lowest BCUT2D eigenvalue weighted by Crippen LogP contribution is -2.36. The van der Waals surface area contributed by atoms with Crippen LogP contribution in [0.4, 0.5) is 5.82 Å². The van der Waals surface area contributed by atoms with Crippen molar-refractivity contribution in [3.05, 3.63) is 23.9 Å². The molecule has 0 unspecified atom stereocenters. The third kappa shape index (κ3) is 3.68. The molecule has 16 heavy (non-hydrogen) atoms. The van der Waals surface area contributed by atoms with E-state index in [0.717, 1.165) is 18.9 Å². The fraction of sp³-hybridized carbons (Fsp3) is 0.583. The molecule has 1 saturated heterocycles. The van der Waals surface area contributed by atoms with E-state index < -0.39 is 0 Å². The van der Waals surface area contributed by atoms with E-state index in [2.05, 4.69) is 40.0 Å². The van der Waals surface area contributed by atoms with Gasteiger partial charge in [-0.3, -0.25) is 4.90 Å². The topological polar surface area (TPSA) is 28.2 Å². The number of hydrogen-bond acceptors (Lipinski definition) is 4. The Balaban J connectivity index is 1.69. The van der Waals surface area contributed by atoms with Gasteiger partial charge in [-0.2, -0.15) is 11.8 Å². The van der Waals surface area contributed by atoms with E-state index in [0.29, 0.717) is 0 Å². The smallest absolute Gasteiger partial charge is 0.125 e. The number of aromatic nitrogens is 1. The minimum Gasteiger partial charge on any atom is -0.369 e. The number of nitrogens with zero attached hydrogens (tertiary/aromatic N) is 2. The van der Waals surface area contributed by atoms with Gasteiger partial charge in [0.25, 0.3) is 0 Å². The summed E-state index contributed by atoms with van der Waals surface area (Å²) in [5, 5.41) is 3.36. The van der Waals surface area contributed by atoms with Crippen LogP contribution in [0, 0.1) is 6.92 Å². The number of hydrogen-bond donors (Lipinski definition) is 1. The predicted molar refractivity (Wildman–Crippen MR) is 71.2 cm³/mol. The fourth-order valence-corrected chi connectivity index (χ4v) is 2.72. The second kappa shape index (κ2) is 6.11. The van der Waals surface area contributed by atoms with Crippen molar-refractivity contribution in [3.63, 3.8) is 0 Å². The van der Waals surface area contributed by atoms with E-state index in [-0.39, 0.29) is 0 Å². The summed E-state index contributed by atoms with van der Waals surface area (Å²) in [6.07, 6.45) is 1.90. The lowest BCUT2D eigenvalue weighted by atomic mass is 10.3. The van der Waals surface area contributed by atoms with Crippen LogP contribution in [0.15, 0.2) is 18.3 Å². The van der Waals surface area contributed by atoms with Crippen molar-refractivity contribution in [3.8, 4) is 0 Å². The molecule has 4 heteroatoms. The fourth-order valence-electron chi connectivity index (χ4n) is 1.74. The van der Waals surface area contributed by atoms with Gasteiger partial charge >= 0.3 is 0 Å². The van der Waals surface area contributed by atoms with Gasteiger partial charge in [0.1, 0.15) is 5.82 Å². The van der Waals surface area contributed by atoms with E-state index in [1.165, 1.54) is 30.2 Å². The summed E-state index contributed by atoms with van der Waals surface area (Å²) >= 11 is 2.06. The molecule has 1 aromatic rings. The van der Waals surface area contributed by atoms with Gasteiger partial charge in [-0.15, -0.1) is 0 Å². The van der Waals surface area contributed by atoms with Gasteiger partial charge in [0.05, 0.1) is 0 Å². The van der Waals surface area contributed by atoms with Crippen LogP contribution in [0.2, 0.25) is 0 Å². The van der Waals surface area contributed by atoms with E-state index in [9.17, 15) is 0 Å². The third-order valence-corrected chi connectivity index (χ3v) is 3.69. The van der Waals surface area contributed by atoms with Crippen molar-refractivity contribution in [2.75, 3.05) is 43.0 Å². The number of nitrogens with one attached hydrogen (secondary N) is 1. The SMILES string of the molecule is Cc1ccc(NCCN2CCSCC2)nc1. The lowest BCUT2D eigenvalue weighted by Gasteiger charge is -2.26. The molecule has 0 saturated carbocycles. The van der Waals surface area contributed by atoms with Crippen molar-refractivity contribution < 1.29 is 0 Å². The van der Waals surface area contributed by atoms with Crippen LogP contribution in [0.3, 0.4) is 0 Å². The number of anilines is 1. The summed E-state index contributed by atoms with van der Waals surface area (Å²) in [4.78, 5) is 6.84. The predicted octanol–water partition coefficient (Wildman–Crippen LogP) is 1.85. The van der Waals surface area contributed by atoms with E-state index in [1.807, 2.05) is 12.3 Å². The van der Waals surface area contributed by atoms with Gasteiger partial charge in [-0.25, -0.2) is 4.98 Å². The molecule has 0 aliphatic carbocycles. The highest BCUT2D eigenvalue weighted by atomic mass is 32.2. The van der Waals surface area contributed by atoms with Gasteiger partial charge in [-0.1, -0.05) is 6.07 Å². The monoisotopic (exact) mass is 237 g/mol. The summed E-state index contributed by atoms with van der Waals surface area (Å²) < 4.78 is 0. The second-order valence-electron chi connectivity index (χ2n) is 4.10. The van der Waals surface area contributed by atoms with E-state index >= 15 is 0 Å². The molecular weight excluding hydrogens is 218 g/mol. The zero-order chi connectivity index (χ0) is 11.2. The summed E-state index contributed by atoms with van der Waals surface area (Å²) in [5.74, 6) is 3.54. The van der Waals surface area contributed by atoms with Crippen molar-refractivity contribution in [1.29, 1.82) is 0 Å². The van der Waals surface area contributed by atoms with Crippen LogP contribution in [0.1, 0.15) is 5.56 Å². The molecule has 1 aliphatic rings. The summed E-state index contributed by atoms with van der Waals surface area (Å²) in [6.45, 7) is 6.63. The van der Waals surface area contributed by atoms with E-state index in [4.69, 9.17) is 0 Å². The van der Waals surface area contributed by atoms with Crippen molar-refractivity contribution >= 4 is 17.6 Å². The highest BCUT2D eigenvalue weighted by Gasteiger charge is 2.08. The lowest BCUT2D eigenvalue weighted by molar-refractivity contribution is 0.314. The number of pyridine rings is 1. The Kier molecular flexibility index (Phi) is 4.48. The average Bonchev–Trinajstić information content (AvgIpc) is 2.33. The molecule has 88 valence electrons.